The fourth-order valence-electron chi connectivity index (χ4n) is 1.96. The van der Waals surface area contributed by atoms with Gasteiger partial charge in [-0.05, 0) is 43.2 Å². The van der Waals surface area contributed by atoms with E-state index in [2.05, 4.69) is 19.2 Å². The molecule has 0 spiro atoms. The molecule has 102 valence electrons. The van der Waals surface area contributed by atoms with Crippen LogP contribution in [0.5, 0.6) is 0 Å². The van der Waals surface area contributed by atoms with E-state index in [1.165, 1.54) is 16.9 Å². The minimum atomic E-state index is 0.141. The lowest BCUT2D eigenvalue weighted by molar-refractivity contribution is 0.496. The molecule has 0 saturated heterocycles. The van der Waals surface area contributed by atoms with E-state index in [1.807, 2.05) is 30.3 Å². The summed E-state index contributed by atoms with van der Waals surface area (Å²) in [6.07, 6.45) is 0. The first kappa shape index (κ1) is 15.1. The standard InChI is InChI=1S/C14H14Cl3NS/c1-8(10-3-5-11(15)6-4-10)18-9(2)12-7-13(16)19-14(12)17/h3-9,18H,1-2H3/t8-,9?/m0/s1. The van der Waals surface area contributed by atoms with E-state index >= 15 is 0 Å². The van der Waals surface area contributed by atoms with Crippen molar-refractivity contribution in [1.82, 2.24) is 5.32 Å². The summed E-state index contributed by atoms with van der Waals surface area (Å²) in [6, 6.07) is 10.1. The average molecular weight is 335 g/mol. The van der Waals surface area contributed by atoms with Gasteiger partial charge in [-0.15, -0.1) is 11.3 Å². The zero-order valence-corrected chi connectivity index (χ0v) is 13.7. The maximum Gasteiger partial charge on any atom is 0.0991 e. The average Bonchev–Trinajstić information content (AvgIpc) is 2.69. The third kappa shape index (κ3) is 3.87. The minimum Gasteiger partial charge on any atom is -0.304 e. The van der Waals surface area contributed by atoms with Crippen LogP contribution < -0.4 is 5.32 Å². The molecule has 5 heteroatoms. The molecule has 0 amide bonds. The van der Waals surface area contributed by atoms with E-state index in [9.17, 15) is 0 Å². The van der Waals surface area contributed by atoms with Gasteiger partial charge in [0.2, 0.25) is 0 Å². The van der Waals surface area contributed by atoms with Crippen LogP contribution in [0.1, 0.15) is 37.1 Å². The largest absolute Gasteiger partial charge is 0.304 e. The highest BCUT2D eigenvalue weighted by atomic mass is 35.5. The highest BCUT2D eigenvalue weighted by Gasteiger charge is 2.16. The molecule has 1 unspecified atom stereocenters. The van der Waals surface area contributed by atoms with Crippen LogP contribution in [0.15, 0.2) is 30.3 Å². The van der Waals surface area contributed by atoms with Gasteiger partial charge in [0.05, 0.1) is 8.67 Å². The van der Waals surface area contributed by atoms with Crippen molar-refractivity contribution in [3.63, 3.8) is 0 Å². The fourth-order valence-corrected chi connectivity index (χ4v) is 3.73. The Morgan fingerprint density at radius 3 is 2.16 bits per heavy atom. The van der Waals surface area contributed by atoms with Crippen molar-refractivity contribution in [2.75, 3.05) is 0 Å². The van der Waals surface area contributed by atoms with Crippen LogP contribution in [0.2, 0.25) is 13.7 Å². The number of thiophene rings is 1. The van der Waals surface area contributed by atoms with E-state index in [-0.39, 0.29) is 12.1 Å². The normalized spacial score (nSPS) is 14.4. The Morgan fingerprint density at radius 1 is 1.00 bits per heavy atom. The summed E-state index contributed by atoms with van der Waals surface area (Å²) in [4.78, 5) is 0. The zero-order valence-electron chi connectivity index (χ0n) is 10.6. The smallest absolute Gasteiger partial charge is 0.0991 e. The molecule has 0 fully saturated rings. The van der Waals surface area contributed by atoms with Gasteiger partial charge in [-0.3, -0.25) is 0 Å². The second-order valence-electron chi connectivity index (χ2n) is 4.44. The Balaban J connectivity index is 2.08. The van der Waals surface area contributed by atoms with E-state index in [0.717, 1.165) is 14.9 Å². The zero-order chi connectivity index (χ0) is 14.0. The maximum absolute atomic E-state index is 6.17. The van der Waals surface area contributed by atoms with Crippen LogP contribution >= 0.6 is 46.1 Å². The van der Waals surface area contributed by atoms with Crippen LogP contribution in [-0.2, 0) is 0 Å². The van der Waals surface area contributed by atoms with Gasteiger partial charge >= 0.3 is 0 Å². The summed E-state index contributed by atoms with van der Waals surface area (Å²) >= 11 is 19.4. The van der Waals surface area contributed by atoms with Crippen LogP contribution in [0, 0.1) is 0 Å². The van der Waals surface area contributed by atoms with Crippen LogP contribution in [0.3, 0.4) is 0 Å². The lowest BCUT2D eigenvalue weighted by Gasteiger charge is -2.20. The van der Waals surface area contributed by atoms with Crippen molar-refractivity contribution >= 4 is 46.1 Å². The Hall–Kier alpha value is -0.250. The van der Waals surface area contributed by atoms with Gasteiger partial charge in [0.1, 0.15) is 0 Å². The van der Waals surface area contributed by atoms with Crippen molar-refractivity contribution in [3.05, 3.63) is 55.2 Å². The summed E-state index contributed by atoms with van der Waals surface area (Å²) in [5.74, 6) is 0. The molecule has 19 heavy (non-hydrogen) atoms. The molecular formula is C14H14Cl3NS. The van der Waals surface area contributed by atoms with Crippen molar-refractivity contribution in [3.8, 4) is 0 Å². The molecular weight excluding hydrogens is 321 g/mol. The number of nitrogens with one attached hydrogen (secondary N) is 1. The second-order valence-corrected chi connectivity index (χ2v) is 7.16. The Labute approximate surface area is 132 Å². The topological polar surface area (TPSA) is 12.0 Å². The summed E-state index contributed by atoms with van der Waals surface area (Å²) in [5, 5.41) is 4.25. The maximum atomic E-state index is 6.17. The Bertz CT molecular complexity index is 550. The predicted octanol–water partition coefficient (Wildman–Crippen LogP) is 6.12. The van der Waals surface area contributed by atoms with Gasteiger partial charge in [0, 0.05) is 17.1 Å². The first-order chi connectivity index (χ1) is 8.97. The summed E-state index contributed by atoms with van der Waals surface area (Å²) in [7, 11) is 0. The van der Waals surface area contributed by atoms with Gasteiger partial charge in [0.15, 0.2) is 0 Å². The van der Waals surface area contributed by atoms with Gasteiger partial charge in [-0.2, -0.15) is 0 Å². The lowest BCUT2D eigenvalue weighted by atomic mass is 10.1. The van der Waals surface area contributed by atoms with Crippen molar-refractivity contribution < 1.29 is 0 Å². The van der Waals surface area contributed by atoms with Crippen LogP contribution in [0.4, 0.5) is 0 Å². The molecule has 1 heterocycles. The molecule has 2 atom stereocenters. The predicted molar refractivity (Wildman–Crippen MR) is 85.8 cm³/mol. The molecule has 0 radical (unpaired) electrons. The number of benzene rings is 1. The molecule has 1 aromatic carbocycles. The Kier molecular flexibility index (Phi) is 5.15. The van der Waals surface area contributed by atoms with E-state index < -0.39 is 0 Å². The summed E-state index contributed by atoms with van der Waals surface area (Å²) in [5.41, 5.74) is 2.23. The van der Waals surface area contributed by atoms with Gasteiger partial charge in [-0.1, -0.05) is 46.9 Å². The molecule has 1 nitrogen and oxygen atoms in total. The number of hydrogen-bond donors (Lipinski definition) is 1. The summed E-state index contributed by atoms with van der Waals surface area (Å²) in [6.45, 7) is 4.19. The molecule has 0 aliphatic carbocycles. The van der Waals surface area contributed by atoms with Gasteiger partial charge < -0.3 is 5.32 Å². The molecule has 2 aromatic rings. The first-order valence-electron chi connectivity index (χ1n) is 5.93. The number of rotatable bonds is 4. The van der Waals surface area contributed by atoms with Crippen LogP contribution in [-0.4, -0.2) is 0 Å². The van der Waals surface area contributed by atoms with Crippen molar-refractivity contribution in [1.29, 1.82) is 0 Å². The molecule has 0 bridgehead atoms. The van der Waals surface area contributed by atoms with E-state index in [1.54, 1.807) is 0 Å². The molecule has 0 aliphatic heterocycles. The molecule has 1 aromatic heterocycles. The number of halogens is 3. The first-order valence-corrected chi connectivity index (χ1v) is 7.88. The van der Waals surface area contributed by atoms with E-state index in [0.29, 0.717) is 4.34 Å². The van der Waals surface area contributed by atoms with Gasteiger partial charge in [0.25, 0.3) is 0 Å². The SMILES string of the molecule is CC(N[C@@H](C)c1ccc(Cl)cc1)c1cc(Cl)sc1Cl. The minimum absolute atomic E-state index is 0.141. The highest BCUT2D eigenvalue weighted by molar-refractivity contribution is 7.20. The molecule has 2 rings (SSSR count). The van der Waals surface area contributed by atoms with Crippen LogP contribution in [0.25, 0.3) is 0 Å². The molecule has 0 aliphatic rings. The van der Waals surface area contributed by atoms with E-state index in [4.69, 9.17) is 34.8 Å². The third-order valence-electron chi connectivity index (χ3n) is 3.02. The fraction of sp³-hybridized carbons (Fsp3) is 0.286. The monoisotopic (exact) mass is 333 g/mol. The van der Waals surface area contributed by atoms with Crippen molar-refractivity contribution in [2.45, 2.75) is 25.9 Å². The molecule has 1 N–H and O–H groups in total. The van der Waals surface area contributed by atoms with Gasteiger partial charge in [-0.25, -0.2) is 0 Å². The Morgan fingerprint density at radius 2 is 1.63 bits per heavy atom. The lowest BCUT2D eigenvalue weighted by Crippen LogP contribution is -2.22. The number of hydrogen-bond acceptors (Lipinski definition) is 2. The highest BCUT2D eigenvalue weighted by Crippen LogP contribution is 2.35. The molecule has 0 saturated carbocycles. The summed E-state index contributed by atoms with van der Waals surface area (Å²) < 4.78 is 1.46. The van der Waals surface area contributed by atoms with Crippen molar-refractivity contribution in [2.24, 2.45) is 0 Å². The second kappa shape index (κ2) is 6.47. The third-order valence-corrected chi connectivity index (χ3v) is 4.79. The quantitative estimate of drug-likeness (QED) is 0.710.